The molecule has 0 aliphatic rings. The molecule has 0 saturated carbocycles. The second-order valence-electron chi connectivity index (χ2n) is 5.22. The van der Waals surface area contributed by atoms with Crippen molar-refractivity contribution in [3.05, 3.63) is 31.1 Å². The lowest BCUT2D eigenvalue weighted by atomic mass is 10.1. The van der Waals surface area contributed by atoms with Gasteiger partial charge in [-0.05, 0) is 44.9 Å². The van der Waals surface area contributed by atoms with E-state index in [4.69, 9.17) is 10.2 Å². The number of furan rings is 1. The lowest BCUT2D eigenvalue weighted by Crippen LogP contribution is -2.52. The fourth-order valence-electron chi connectivity index (χ4n) is 2.16. The Morgan fingerprint density at radius 2 is 2.17 bits per heavy atom. The summed E-state index contributed by atoms with van der Waals surface area (Å²) in [5.41, 5.74) is 5.38. The van der Waals surface area contributed by atoms with E-state index in [2.05, 4.69) is 11.9 Å². The minimum Gasteiger partial charge on any atom is -0.480 e. The molecule has 4 N–H and O–H groups in total. The summed E-state index contributed by atoms with van der Waals surface area (Å²) in [4.78, 5) is 36.8. The Balaban J connectivity index is 2.83. The molecule has 8 nitrogen and oxygen atoms in total. The number of nitrogens with zero attached hydrogens (tertiary/aromatic N) is 1. The molecule has 2 atom stereocenters. The highest BCUT2D eigenvalue weighted by Gasteiger charge is 2.30. The van der Waals surface area contributed by atoms with Crippen LogP contribution in [0.25, 0.3) is 0 Å². The van der Waals surface area contributed by atoms with Gasteiger partial charge in [-0.25, -0.2) is 4.79 Å². The number of carbonyl (C=O) groups is 3. The first kappa shape index (κ1) is 19.4. The van der Waals surface area contributed by atoms with E-state index < -0.39 is 29.9 Å². The number of carboxylic acid groups (broad SMARTS) is 1. The van der Waals surface area contributed by atoms with Crippen LogP contribution >= 0.6 is 0 Å². The number of amides is 2. The summed E-state index contributed by atoms with van der Waals surface area (Å²) >= 11 is 0. The Labute approximate surface area is 140 Å². The molecule has 0 fully saturated rings. The van der Waals surface area contributed by atoms with E-state index in [0.29, 0.717) is 19.4 Å². The molecule has 2 amide bonds. The van der Waals surface area contributed by atoms with Gasteiger partial charge in [0.15, 0.2) is 0 Å². The molecule has 1 aromatic rings. The summed E-state index contributed by atoms with van der Waals surface area (Å²) in [5.74, 6) is -2.07. The van der Waals surface area contributed by atoms with Crippen LogP contribution in [0.5, 0.6) is 0 Å². The maximum Gasteiger partial charge on any atom is 0.326 e. The monoisotopic (exact) mass is 337 g/mol. The van der Waals surface area contributed by atoms with Gasteiger partial charge in [0.25, 0.3) is 5.91 Å². The quantitative estimate of drug-likeness (QED) is 0.430. The SMILES string of the molecule is C=CC(=O)N(c1ccco1)[C@@H](C)C(=O)N[C@@H](CCCCN)C(=O)O. The summed E-state index contributed by atoms with van der Waals surface area (Å²) in [6, 6.07) is 1.11. The minimum atomic E-state index is -1.13. The van der Waals surface area contributed by atoms with E-state index in [1.54, 1.807) is 6.07 Å². The first-order valence-electron chi connectivity index (χ1n) is 7.64. The van der Waals surface area contributed by atoms with Crippen molar-refractivity contribution < 1.29 is 23.9 Å². The van der Waals surface area contributed by atoms with Gasteiger partial charge in [0.1, 0.15) is 12.1 Å². The van der Waals surface area contributed by atoms with E-state index in [0.717, 1.165) is 11.0 Å². The average molecular weight is 337 g/mol. The van der Waals surface area contributed by atoms with Crippen LogP contribution in [0.2, 0.25) is 0 Å². The number of rotatable bonds is 10. The molecule has 0 saturated heterocycles. The van der Waals surface area contributed by atoms with Crippen LogP contribution in [0.1, 0.15) is 26.2 Å². The molecule has 0 unspecified atom stereocenters. The molecular formula is C16H23N3O5. The predicted molar refractivity (Wildman–Crippen MR) is 88.3 cm³/mol. The van der Waals surface area contributed by atoms with E-state index in [1.807, 2.05) is 0 Å². The van der Waals surface area contributed by atoms with Gasteiger partial charge < -0.3 is 20.6 Å². The van der Waals surface area contributed by atoms with Crippen molar-refractivity contribution in [1.82, 2.24) is 5.32 Å². The van der Waals surface area contributed by atoms with Gasteiger partial charge in [-0.15, -0.1) is 0 Å². The maximum atomic E-state index is 12.4. The van der Waals surface area contributed by atoms with Gasteiger partial charge in [0.05, 0.1) is 6.26 Å². The van der Waals surface area contributed by atoms with Crippen molar-refractivity contribution in [2.45, 2.75) is 38.3 Å². The number of carboxylic acids is 1. The molecule has 1 heterocycles. The van der Waals surface area contributed by atoms with E-state index >= 15 is 0 Å². The number of aliphatic carboxylic acids is 1. The zero-order valence-corrected chi connectivity index (χ0v) is 13.6. The van der Waals surface area contributed by atoms with Crippen molar-refractivity contribution >= 4 is 23.7 Å². The Morgan fingerprint density at radius 1 is 1.46 bits per heavy atom. The molecule has 0 radical (unpaired) electrons. The van der Waals surface area contributed by atoms with Gasteiger partial charge >= 0.3 is 5.97 Å². The lowest BCUT2D eigenvalue weighted by Gasteiger charge is -2.26. The summed E-state index contributed by atoms with van der Waals surface area (Å²) in [6.07, 6.45) is 3.94. The van der Waals surface area contributed by atoms with Gasteiger partial charge in [-0.2, -0.15) is 0 Å². The normalized spacial score (nSPS) is 12.9. The fourth-order valence-corrected chi connectivity index (χ4v) is 2.16. The first-order valence-corrected chi connectivity index (χ1v) is 7.64. The molecule has 8 heteroatoms. The summed E-state index contributed by atoms with van der Waals surface area (Å²) in [6.45, 7) is 5.34. The first-order chi connectivity index (χ1) is 11.4. The molecular weight excluding hydrogens is 314 g/mol. The predicted octanol–water partition coefficient (Wildman–Crippen LogP) is 0.886. The second kappa shape index (κ2) is 9.51. The number of anilines is 1. The zero-order valence-electron chi connectivity index (χ0n) is 13.6. The Kier molecular flexibility index (Phi) is 7.70. The third-order valence-corrected chi connectivity index (χ3v) is 3.48. The number of nitrogens with one attached hydrogen (secondary N) is 1. The van der Waals surface area contributed by atoms with Crippen molar-refractivity contribution in [3.8, 4) is 0 Å². The van der Waals surface area contributed by atoms with Crippen LogP contribution in [-0.2, 0) is 14.4 Å². The largest absolute Gasteiger partial charge is 0.480 e. The summed E-state index contributed by atoms with van der Waals surface area (Å²) in [7, 11) is 0. The van der Waals surface area contributed by atoms with Gasteiger partial charge in [0, 0.05) is 6.07 Å². The van der Waals surface area contributed by atoms with Crippen molar-refractivity contribution in [1.29, 1.82) is 0 Å². The van der Waals surface area contributed by atoms with Gasteiger partial charge in [0.2, 0.25) is 11.8 Å². The Morgan fingerprint density at radius 3 is 2.67 bits per heavy atom. The molecule has 0 spiro atoms. The third kappa shape index (κ3) is 5.24. The molecule has 24 heavy (non-hydrogen) atoms. The van der Waals surface area contributed by atoms with Gasteiger partial charge in [-0.3, -0.25) is 14.5 Å². The molecule has 1 aromatic heterocycles. The Hall–Kier alpha value is -2.61. The highest BCUT2D eigenvalue weighted by molar-refractivity contribution is 6.05. The maximum absolute atomic E-state index is 12.4. The molecule has 0 aliphatic carbocycles. The fraction of sp³-hybridized carbons (Fsp3) is 0.438. The van der Waals surface area contributed by atoms with Crippen LogP contribution in [0.15, 0.2) is 35.5 Å². The number of nitrogens with two attached hydrogens (primary N) is 1. The number of hydrogen-bond donors (Lipinski definition) is 3. The summed E-state index contributed by atoms with van der Waals surface area (Å²) in [5, 5.41) is 11.7. The highest BCUT2D eigenvalue weighted by Crippen LogP contribution is 2.18. The van der Waals surface area contributed by atoms with E-state index in [1.165, 1.54) is 19.3 Å². The van der Waals surface area contributed by atoms with Gasteiger partial charge in [-0.1, -0.05) is 6.58 Å². The molecule has 132 valence electrons. The number of hydrogen-bond acceptors (Lipinski definition) is 5. The molecule has 0 aromatic carbocycles. The third-order valence-electron chi connectivity index (χ3n) is 3.48. The Bertz CT molecular complexity index is 570. The highest BCUT2D eigenvalue weighted by atomic mass is 16.4. The average Bonchev–Trinajstić information content (AvgIpc) is 3.07. The smallest absolute Gasteiger partial charge is 0.326 e. The van der Waals surface area contributed by atoms with Crippen LogP contribution in [0.3, 0.4) is 0 Å². The van der Waals surface area contributed by atoms with Crippen LogP contribution in [0.4, 0.5) is 5.88 Å². The second-order valence-corrected chi connectivity index (χ2v) is 5.22. The molecule has 0 aliphatic heterocycles. The van der Waals surface area contributed by atoms with Crippen molar-refractivity contribution in [2.24, 2.45) is 5.73 Å². The van der Waals surface area contributed by atoms with E-state index in [-0.39, 0.29) is 12.3 Å². The molecule has 0 bridgehead atoms. The van der Waals surface area contributed by atoms with Crippen molar-refractivity contribution in [3.63, 3.8) is 0 Å². The topological polar surface area (TPSA) is 126 Å². The van der Waals surface area contributed by atoms with E-state index in [9.17, 15) is 19.5 Å². The number of unbranched alkanes of at least 4 members (excludes halogenated alkanes) is 1. The number of carbonyl (C=O) groups excluding carboxylic acids is 2. The van der Waals surface area contributed by atoms with Crippen molar-refractivity contribution in [2.75, 3.05) is 11.4 Å². The molecule has 1 rings (SSSR count). The van der Waals surface area contributed by atoms with Crippen LogP contribution in [-0.4, -0.2) is 41.5 Å². The van der Waals surface area contributed by atoms with Crippen LogP contribution in [0, 0.1) is 0 Å². The zero-order chi connectivity index (χ0) is 18.1. The summed E-state index contributed by atoms with van der Waals surface area (Å²) < 4.78 is 5.17. The standard InChI is InChI=1S/C16H23N3O5/c1-3-13(20)19(14-8-6-10-24-14)11(2)15(21)18-12(16(22)23)7-4-5-9-17/h3,6,8,10-12H,1,4-5,7,9,17H2,2H3,(H,18,21)(H,22,23)/t11-,12-/m0/s1. The van der Waals surface area contributed by atoms with Crippen LogP contribution < -0.4 is 16.0 Å². The minimum absolute atomic E-state index is 0.178. The lowest BCUT2D eigenvalue weighted by molar-refractivity contribution is -0.142.